The van der Waals surface area contributed by atoms with Crippen LogP contribution >= 0.6 is 0 Å². The SMILES string of the molecule is c1ccc([Si]2(c3ccccc3)c3ccccc3-c3cccc(-c4cccc5c(-c6ccc7ccccc7c6)c6cccc(-c7cccc8c7[Si](c7ccccc7)(c7ccccc7)c7ccccc7-8)c6cc45)c32)cc1. The van der Waals surface area contributed by atoms with Crippen LogP contribution in [0.25, 0.3) is 88.0 Å². The summed E-state index contributed by atoms with van der Waals surface area (Å²) in [6, 6.07) is 111. The molecule has 2 heteroatoms. The predicted molar refractivity (Wildman–Crippen MR) is 320 cm³/mol. The molecule has 344 valence electrons. The molecule has 13 aromatic rings. The highest BCUT2D eigenvalue weighted by atomic mass is 28.3. The van der Waals surface area contributed by atoms with Crippen LogP contribution in [-0.2, 0) is 0 Å². The van der Waals surface area contributed by atoms with Crippen molar-refractivity contribution >= 4 is 90.0 Å². The van der Waals surface area contributed by atoms with Crippen LogP contribution < -0.4 is 41.5 Å². The van der Waals surface area contributed by atoms with E-state index in [-0.39, 0.29) is 0 Å². The molecule has 0 unspecified atom stereocenters. The van der Waals surface area contributed by atoms with Crippen molar-refractivity contribution in [3.05, 3.63) is 291 Å². The number of hydrogen-bond acceptors (Lipinski definition) is 0. The fourth-order valence-corrected chi connectivity index (χ4v) is 24.5. The van der Waals surface area contributed by atoms with Gasteiger partial charge in [-0.25, -0.2) is 0 Å². The van der Waals surface area contributed by atoms with E-state index in [1.807, 2.05) is 0 Å². The summed E-state index contributed by atoms with van der Waals surface area (Å²) >= 11 is 0. The van der Waals surface area contributed by atoms with Crippen molar-refractivity contribution in [3.63, 3.8) is 0 Å². The summed E-state index contributed by atoms with van der Waals surface area (Å²) in [5.41, 5.74) is 13.0. The lowest BCUT2D eigenvalue weighted by molar-refractivity contribution is 1.65. The van der Waals surface area contributed by atoms with Gasteiger partial charge in [-0.1, -0.05) is 279 Å². The minimum absolute atomic E-state index is 1.22. The molecule has 2 aliphatic rings. The van der Waals surface area contributed by atoms with Crippen molar-refractivity contribution < 1.29 is 0 Å². The van der Waals surface area contributed by atoms with Crippen molar-refractivity contribution in [2.24, 2.45) is 0 Å². The first-order chi connectivity index (χ1) is 36.7. The smallest absolute Gasteiger partial charge is 0.0623 e. The monoisotopic (exact) mass is 968 g/mol. The van der Waals surface area contributed by atoms with E-state index in [0.717, 1.165) is 0 Å². The Morgan fingerprint density at radius 1 is 0.203 bits per heavy atom. The molecule has 13 aromatic carbocycles. The van der Waals surface area contributed by atoms with Gasteiger partial charge in [0.05, 0.1) is 0 Å². The average Bonchev–Trinajstić information content (AvgIpc) is 3.99. The Kier molecular flexibility index (Phi) is 9.72. The van der Waals surface area contributed by atoms with Gasteiger partial charge in [-0.3, -0.25) is 0 Å². The maximum absolute atomic E-state index is 2.88. The Bertz CT molecular complexity index is 4030. The molecule has 0 amide bonds. The number of benzene rings is 13. The number of fused-ring (bicyclic) bond motifs is 9. The molecule has 0 spiro atoms. The van der Waals surface area contributed by atoms with E-state index in [0.29, 0.717) is 0 Å². The summed E-state index contributed by atoms with van der Waals surface area (Å²) in [6.45, 7) is 0. The summed E-state index contributed by atoms with van der Waals surface area (Å²) in [5, 5.41) is 18.9. The Labute approximate surface area is 434 Å². The van der Waals surface area contributed by atoms with Crippen LogP contribution in [0, 0.1) is 0 Å². The zero-order valence-electron chi connectivity index (χ0n) is 40.7. The molecule has 0 aromatic heterocycles. The van der Waals surface area contributed by atoms with Gasteiger partial charge in [0.1, 0.15) is 0 Å². The number of hydrogen-bond donors (Lipinski definition) is 0. The molecule has 0 bridgehead atoms. The van der Waals surface area contributed by atoms with E-state index in [1.54, 1.807) is 0 Å². The van der Waals surface area contributed by atoms with Crippen molar-refractivity contribution in [2.75, 3.05) is 0 Å². The third-order valence-electron chi connectivity index (χ3n) is 16.6. The highest BCUT2D eigenvalue weighted by molar-refractivity contribution is 7.23. The fraction of sp³-hybridized carbons (Fsp3) is 0. The first-order valence-corrected chi connectivity index (χ1v) is 29.9. The van der Waals surface area contributed by atoms with Crippen LogP contribution in [0.1, 0.15) is 0 Å². The standard InChI is InChI=1S/C72H48Si2/c1-5-25-52(26-6-1)73(53-27-7-2-8-28-53)68-43-17-15-33-58(68)64-41-21-39-62(71(64)73)56-35-19-37-60-66(56)48-67-57(36-20-38-61(67)70(60)51-46-45-49-23-13-14-24-50(49)47-51)63-40-22-42-65-59-34-16-18-44-69(59)74(72(63)65,54-29-9-3-10-30-54)55-31-11-4-12-32-55/h1-48H. The first-order valence-electron chi connectivity index (χ1n) is 25.9. The van der Waals surface area contributed by atoms with Gasteiger partial charge in [-0.15, -0.1) is 0 Å². The lowest BCUT2D eigenvalue weighted by Crippen LogP contribution is -2.73. The molecule has 0 N–H and O–H groups in total. The quantitative estimate of drug-likeness (QED) is 0.110. The molecule has 74 heavy (non-hydrogen) atoms. The maximum atomic E-state index is 2.57. The van der Waals surface area contributed by atoms with Gasteiger partial charge in [0.2, 0.25) is 0 Å². The average molecular weight is 969 g/mol. The van der Waals surface area contributed by atoms with Gasteiger partial charge in [0, 0.05) is 0 Å². The first kappa shape index (κ1) is 42.7. The normalized spacial score (nSPS) is 13.6. The highest BCUT2D eigenvalue weighted by Crippen LogP contribution is 2.46. The van der Waals surface area contributed by atoms with Crippen molar-refractivity contribution in [2.45, 2.75) is 0 Å². The van der Waals surface area contributed by atoms with E-state index in [1.165, 1.54) is 129 Å². The molecular formula is C72H48Si2. The van der Waals surface area contributed by atoms with Crippen LogP contribution in [0.5, 0.6) is 0 Å². The van der Waals surface area contributed by atoms with E-state index >= 15 is 0 Å². The van der Waals surface area contributed by atoms with Gasteiger partial charge in [0.25, 0.3) is 0 Å². The van der Waals surface area contributed by atoms with Gasteiger partial charge >= 0.3 is 0 Å². The third-order valence-corrected chi connectivity index (χ3v) is 26.5. The minimum Gasteiger partial charge on any atom is -0.0623 e. The highest BCUT2D eigenvalue weighted by Gasteiger charge is 2.51. The summed E-state index contributed by atoms with van der Waals surface area (Å²) in [5.74, 6) is 0. The third kappa shape index (κ3) is 6.01. The van der Waals surface area contributed by atoms with E-state index in [4.69, 9.17) is 0 Å². The Balaban J connectivity index is 1.08. The zero-order valence-corrected chi connectivity index (χ0v) is 42.7. The predicted octanol–water partition coefficient (Wildman–Crippen LogP) is 12.9. The van der Waals surface area contributed by atoms with Gasteiger partial charge in [-0.2, -0.15) is 0 Å². The summed E-state index contributed by atoms with van der Waals surface area (Å²) in [7, 11) is -5.77. The van der Waals surface area contributed by atoms with Crippen LogP contribution in [0.4, 0.5) is 0 Å². The second-order valence-corrected chi connectivity index (χ2v) is 27.5. The van der Waals surface area contributed by atoms with Crippen molar-refractivity contribution in [1.82, 2.24) is 0 Å². The lowest BCUT2D eigenvalue weighted by Gasteiger charge is -2.33. The molecular weight excluding hydrogens is 921 g/mol. The molecule has 2 aliphatic heterocycles. The van der Waals surface area contributed by atoms with Crippen LogP contribution in [0.3, 0.4) is 0 Å². The zero-order chi connectivity index (χ0) is 48.8. The van der Waals surface area contributed by atoms with E-state index in [2.05, 4.69) is 291 Å². The number of rotatable bonds is 7. The molecule has 0 saturated heterocycles. The van der Waals surface area contributed by atoms with E-state index < -0.39 is 16.1 Å². The van der Waals surface area contributed by atoms with Crippen molar-refractivity contribution in [3.8, 4) is 55.6 Å². The molecule has 15 rings (SSSR count). The van der Waals surface area contributed by atoms with Gasteiger partial charge in [-0.05, 0) is 142 Å². The Morgan fingerprint density at radius 3 is 0.986 bits per heavy atom. The van der Waals surface area contributed by atoms with E-state index in [9.17, 15) is 0 Å². The Hall–Kier alpha value is -8.93. The molecule has 0 atom stereocenters. The molecule has 0 saturated carbocycles. The van der Waals surface area contributed by atoms with Gasteiger partial charge < -0.3 is 0 Å². The van der Waals surface area contributed by atoms with Crippen molar-refractivity contribution in [1.29, 1.82) is 0 Å². The molecule has 0 aliphatic carbocycles. The Morgan fingerprint density at radius 2 is 0.541 bits per heavy atom. The van der Waals surface area contributed by atoms with Crippen LogP contribution in [-0.4, -0.2) is 16.1 Å². The topological polar surface area (TPSA) is 0 Å². The molecule has 0 radical (unpaired) electrons. The molecule has 2 heterocycles. The second kappa shape index (κ2) is 16.8. The molecule has 0 fully saturated rings. The maximum Gasteiger partial charge on any atom is 0.181 e. The lowest BCUT2D eigenvalue weighted by atomic mass is 9.85. The van der Waals surface area contributed by atoms with Crippen LogP contribution in [0.2, 0.25) is 0 Å². The fourth-order valence-electron chi connectivity index (χ4n) is 13.7. The minimum atomic E-state index is -2.88. The second-order valence-electron chi connectivity index (χ2n) is 20.1. The largest absolute Gasteiger partial charge is 0.181 e. The summed E-state index contributed by atoms with van der Waals surface area (Å²) in [6.07, 6.45) is 0. The van der Waals surface area contributed by atoms with Crippen LogP contribution in [0.15, 0.2) is 291 Å². The summed E-state index contributed by atoms with van der Waals surface area (Å²) in [4.78, 5) is 0. The van der Waals surface area contributed by atoms with Gasteiger partial charge in [0.15, 0.2) is 16.1 Å². The molecule has 0 nitrogen and oxygen atoms in total. The summed E-state index contributed by atoms with van der Waals surface area (Å²) < 4.78 is 0.